The number of nitrogens with one attached hydrogen (secondary N) is 1. The van der Waals surface area contributed by atoms with E-state index in [1.165, 1.54) is 11.3 Å². The highest BCUT2D eigenvalue weighted by Crippen LogP contribution is 2.24. The number of nitrogens with two attached hydrogens (primary N) is 1. The average molecular weight is 263 g/mol. The Kier molecular flexibility index (Phi) is 2.89. The van der Waals surface area contributed by atoms with Crippen LogP contribution >= 0.6 is 11.3 Å². The zero-order valence-corrected chi connectivity index (χ0v) is 10.5. The number of nitrogen functional groups attached to an aromatic ring is 1. The summed E-state index contributed by atoms with van der Waals surface area (Å²) in [7, 11) is 0. The second-order valence-corrected chi connectivity index (χ2v) is 5.33. The molecule has 1 saturated heterocycles. The fourth-order valence-corrected chi connectivity index (χ4v) is 2.77. The van der Waals surface area contributed by atoms with Crippen molar-refractivity contribution in [3.05, 3.63) is 23.8 Å². The normalized spacial score (nSPS) is 19.2. The second kappa shape index (κ2) is 4.55. The van der Waals surface area contributed by atoms with Crippen LogP contribution in [0.15, 0.2) is 18.2 Å². The molecule has 3 N–H and O–H groups in total. The van der Waals surface area contributed by atoms with Crippen molar-refractivity contribution < 1.29 is 9.53 Å². The summed E-state index contributed by atoms with van der Waals surface area (Å²) in [4.78, 5) is 16.2. The first-order valence-corrected chi connectivity index (χ1v) is 6.59. The number of amides is 1. The molecule has 0 radical (unpaired) electrons. The largest absolute Gasteiger partial charge is 0.379 e. The summed E-state index contributed by atoms with van der Waals surface area (Å²) in [6.45, 7) is 1.32. The van der Waals surface area contributed by atoms with E-state index >= 15 is 0 Å². The molecule has 1 aromatic carbocycles. The van der Waals surface area contributed by atoms with Crippen LogP contribution < -0.4 is 11.1 Å². The van der Waals surface area contributed by atoms with E-state index in [0.29, 0.717) is 17.3 Å². The SMILES string of the molecule is Nc1nc2ccc(C(=O)NC3CCOC3)cc2s1. The number of benzene rings is 1. The molecule has 1 fully saturated rings. The van der Waals surface area contributed by atoms with Gasteiger partial charge < -0.3 is 15.8 Å². The number of hydrogen-bond acceptors (Lipinski definition) is 5. The summed E-state index contributed by atoms with van der Waals surface area (Å²) in [5.41, 5.74) is 7.11. The number of rotatable bonds is 2. The molecule has 1 unspecified atom stereocenters. The molecule has 0 saturated carbocycles. The molecular formula is C12H13N3O2S. The molecule has 2 heterocycles. The van der Waals surface area contributed by atoms with Gasteiger partial charge in [-0.2, -0.15) is 0 Å². The predicted molar refractivity (Wildman–Crippen MR) is 70.7 cm³/mol. The highest BCUT2D eigenvalue weighted by molar-refractivity contribution is 7.22. The summed E-state index contributed by atoms with van der Waals surface area (Å²) < 4.78 is 6.16. The molecular weight excluding hydrogens is 250 g/mol. The van der Waals surface area contributed by atoms with Crippen LogP contribution in [0.25, 0.3) is 10.2 Å². The Morgan fingerprint density at radius 3 is 3.22 bits per heavy atom. The van der Waals surface area contributed by atoms with Gasteiger partial charge in [-0.1, -0.05) is 11.3 Å². The Morgan fingerprint density at radius 1 is 1.56 bits per heavy atom. The van der Waals surface area contributed by atoms with Crippen molar-refractivity contribution in [3.63, 3.8) is 0 Å². The van der Waals surface area contributed by atoms with Crippen LogP contribution in [0.2, 0.25) is 0 Å². The molecule has 2 aromatic rings. The van der Waals surface area contributed by atoms with Crippen LogP contribution in [0.5, 0.6) is 0 Å². The van der Waals surface area contributed by atoms with Gasteiger partial charge in [-0.3, -0.25) is 4.79 Å². The first-order chi connectivity index (χ1) is 8.72. The molecule has 0 spiro atoms. The molecule has 0 aliphatic carbocycles. The minimum Gasteiger partial charge on any atom is -0.379 e. The topological polar surface area (TPSA) is 77.2 Å². The molecule has 5 nitrogen and oxygen atoms in total. The van der Waals surface area contributed by atoms with Crippen LogP contribution in [0, 0.1) is 0 Å². The third-order valence-corrected chi connectivity index (χ3v) is 3.78. The van der Waals surface area contributed by atoms with E-state index in [2.05, 4.69) is 10.3 Å². The Bertz CT molecular complexity index is 590. The van der Waals surface area contributed by atoms with E-state index in [4.69, 9.17) is 10.5 Å². The first kappa shape index (κ1) is 11.4. The molecule has 6 heteroatoms. The number of carbonyl (C=O) groups is 1. The van der Waals surface area contributed by atoms with E-state index in [9.17, 15) is 4.79 Å². The molecule has 18 heavy (non-hydrogen) atoms. The number of hydrogen-bond donors (Lipinski definition) is 2. The van der Waals surface area contributed by atoms with Gasteiger partial charge in [0.15, 0.2) is 5.13 Å². The van der Waals surface area contributed by atoms with Crippen molar-refractivity contribution >= 4 is 32.6 Å². The number of anilines is 1. The third-order valence-electron chi connectivity index (χ3n) is 2.93. The van der Waals surface area contributed by atoms with Crippen molar-refractivity contribution in [1.82, 2.24) is 10.3 Å². The summed E-state index contributed by atoms with van der Waals surface area (Å²) in [5.74, 6) is -0.0700. The number of ether oxygens (including phenoxy) is 1. The average Bonchev–Trinajstić information content (AvgIpc) is 2.95. The zero-order valence-electron chi connectivity index (χ0n) is 9.68. The lowest BCUT2D eigenvalue weighted by Gasteiger charge is -2.10. The fourth-order valence-electron chi connectivity index (χ4n) is 2.00. The highest BCUT2D eigenvalue weighted by Gasteiger charge is 2.18. The van der Waals surface area contributed by atoms with Crippen molar-refractivity contribution in [3.8, 4) is 0 Å². The van der Waals surface area contributed by atoms with Gasteiger partial charge in [0.1, 0.15) is 0 Å². The second-order valence-electron chi connectivity index (χ2n) is 4.27. The maximum Gasteiger partial charge on any atom is 0.251 e. The quantitative estimate of drug-likeness (QED) is 0.858. The predicted octanol–water partition coefficient (Wildman–Crippen LogP) is 1.40. The summed E-state index contributed by atoms with van der Waals surface area (Å²) in [6.07, 6.45) is 0.876. The van der Waals surface area contributed by atoms with E-state index < -0.39 is 0 Å². The summed E-state index contributed by atoms with van der Waals surface area (Å²) in [5, 5.41) is 3.48. The number of nitrogens with zero attached hydrogens (tertiary/aromatic N) is 1. The van der Waals surface area contributed by atoms with E-state index in [1.54, 1.807) is 6.07 Å². The van der Waals surface area contributed by atoms with Crippen LogP contribution in [-0.4, -0.2) is 30.1 Å². The molecule has 1 aliphatic heterocycles. The third kappa shape index (κ3) is 2.16. The first-order valence-electron chi connectivity index (χ1n) is 5.77. The molecule has 1 aliphatic rings. The van der Waals surface area contributed by atoms with E-state index in [-0.39, 0.29) is 11.9 Å². The van der Waals surface area contributed by atoms with E-state index in [0.717, 1.165) is 23.2 Å². The molecule has 1 aromatic heterocycles. The van der Waals surface area contributed by atoms with Crippen molar-refractivity contribution in [1.29, 1.82) is 0 Å². The van der Waals surface area contributed by atoms with Gasteiger partial charge in [-0.15, -0.1) is 0 Å². The Hall–Kier alpha value is -1.66. The number of thiazole rings is 1. The maximum absolute atomic E-state index is 12.0. The van der Waals surface area contributed by atoms with Gasteiger partial charge >= 0.3 is 0 Å². The Labute approximate surface area is 108 Å². The molecule has 1 atom stereocenters. The lowest BCUT2D eigenvalue weighted by molar-refractivity contribution is 0.0930. The molecule has 94 valence electrons. The smallest absolute Gasteiger partial charge is 0.251 e. The van der Waals surface area contributed by atoms with Crippen LogP contribution in [0.1, 0.15) is 16.8 Å². The summed E-state index contributed by atoms with van der Waals surface area (Å²) >= 11 is 1.39. The fraction of sp³-hybridized carbons (Fsp3) is 0.333. The van der Waals surface area contributed by atoms with Gasteiger partial charge in [-0.05, 0) is 24.6 Å². The molecule has 0 bridgehead atoms. The van der Waals surface area contributed by atoms with Gasteiger partial charge in [0.2, 0.25) is 0 Å². The van der Waals surface area contributed by atoms with Crippen LogP contribution in [0.4, 0.5) is 5.13 Å². The highest BCUT2D eigenvalue weighted by atomic mass is 32.1. The minimum absolute atomic E-state index is 0.0700. The van der Waals surface area contributed by atoms with Crippen molar-refractivity contribution in [2.45, 2.75) is 12.5 Å². The zero-order chi connectivity index (χ0) is 12.5. The van der Waals surface area contributed by atoms with E-state index in [1.807, 2.05) is 12.1 Å². The molecule has 3 rings (SSSR count). The summed E-state index contributed by atoms with van der Waals surface area (Å²) in [6, 6.07) is 5.54. The number of aromatic nitrogens is 1. The van der Waals surface area contributed by atoms with Gasteiger partial charge in [0.25, 0.3) is 5.91 Å². The standard InChI is InChI=1S/C12H13N3O2S/c13-12-15-9-2-1-7(5-10(9)18-12)11(16)14-8-3-4-17-6-8/h1-2,5,8H,3-4,6H2,(H2,13,15)(H,14,16). The van der Waals surface area contributed by atoms with Crippen LogP contribution in [0.3, 0.4) is 0 Å². The van der Waals surface area contributed by atoms with Gasteiger partial charge in [-0.25, -0.2) is 4.98 Å². The van der Waals surface area contributed by atoms with Gasteiger partial charge in [0.05, 0.1) is 22.9 Å². The van der Waals surface area contributed by atoms with Gasteiger partial charge in [0, 0.05) is 12.2 Å². The lowest BCUT2D eigenvalue weighted by Crippen LogP contribution is -2.34. The lowest BCUT2D eigenvalue weighted by atomic mass is 10.2. The van der Waals surface area contributed by atoms with Crippen molar-refractivity contribution in [2.75, 3.05) is 18.9 Å². The Balaban J connectivity index is 1.81. The van der Waals surface area contributed by atoms with Crippen LogP contribution in [-0.2, 0) is 4.74 Å². The van der Waals surface area contributed by atoms with Crippen molar-refractivity contribution in [2.24, 2.45) is 0 Å². The molecule has 1 amide bonds. The minimum atomic E-state index is -0.0700. The number of fused-ring (bicyclic) bond motifs is 1. The Morgan fingerprint density at radius 2 is 2.44 bits per heavy atom. The maximum atomic E-state index is 12.0. The number of carbonyl (C=O) groups excluding carboxylic acids is 1. The monoisotopic (exact) mass is 263 g/mol.